The Morgan fingerprint density at radius 3 is 3.06 bits per heavy atom. The van der Waals surface area contributed by atoms with Gasteiger partial charge in [0.05, 0.1) is 24.7 Å². The summed E-state index contributed by atoms with van der Waals surface area (Å²) >= 11 is 1.63. The van der Waals surface area contributed by atoms with Crippen LogP contribution in [0.5, 0.6) is 0 Å². The molecule has 0 bridgehead atoms. The molecule has 0 aliphatic carbocycles. The van der Waals surface area contributed by atoms with E-state index < -0.39 is 5.41 Å². The van der Waals surface area contributed by atoms with Crippen LogP contribution in [0.2, 0.25) is 0 Å². The molecule has 1 fully saturated rings. The van der Waals surface area contributed by atoms with Crippen LogP contribution in [-0.4, -0.2) is 25.2 Å². The van der Waals surface area contributed by atoms with E-state index in [2.05, 4.69) is 5.32 Å². The normalized spacial score (nSPS) is 30.2. The largest absolute Gasteiger partial charge is 0.379 e. The van der Waals surface area contributed by atoms with Crippen molar-refractivity contribution in [1.82, 2.24) is 5.32 Å². The van der Waals surface area contributed by atoms with Crippen molar-refractivity contribution >= 4 is 17.2 Å². The minimum Gasteiger partial charge on any atom is -0.379 e. The first-order valence-electron chi connectivity index (χ1n) is 5.70. The molecule has 0 saturated carbocycles. The fourth-order valence-electron chi connectivity index (χ4n) is 1.89. The van der Waals surface area contributed by atoms with Gasteiger partial charge in [-0.05, 0) is 36.2 Å². The molecule has 4 nitrogen and oxygen atoms in total. The van der Waals surface area contributed by atoms with Gasteiger partial charge in [-0.2, -0.15) is 11.3 Å². The van der Waals surface area contributed by atoms with Crippen LogP contribution in [0.25, 0.3) is 0 Å². The summed E-state index contributed by atoms with van der Waals surface area (Å²) in [5.74, 6) is -0.0267. The Bertz CT molecular complexity index is 393. The van der Waals surface area contributed by atoms with Crippen molar-refractivity contribution in [1.29, 1.82) is 0 Å². The maximum atomic E-state index is 12.2. The molecule has 5 heteroatoms. The molecule has 0 aromatic carbocycles. The summed E-state index contributed by atoms with van der Waals surface area (Å²) < 4.78 is 5.28. The first-order valence-corrected chi connectivity index (χ1v) is 6.64. The highest BCUT2D eigenvalue weighted by molar-refractivity contribution is 7.07. The van der Waals surface area contributed by atoms with E-state index in [0.29, 0.717) is 13.2 Å². The molecule has 3 unspecified atom stereocenters. The van der Waals surface area contributed by atoms with Crippen molar-refractivity contribution in [3.63, 3.8) is 0 Å². The SMILES string of the molecule is CC(NC(=O)C1(C)COCC1N)c1ccsc1. The highest BCUT2D eigenvalue weighted by atomic mass is 32.1. The quantitative estimate of drug-likeness (QED) is 0.854. The Labute approximate surface area is 105 Å². The van der Waals surface area contributed by atoms with Crippen molar-refractivity contribution < 1.29 is 9.53 Å². The second-order valence-electron chi connectivity index (χ2n) is 4.79. The van der Waals surface area contributed by atoms with Crippen LogP contribution in [0.4, 0.5) is 0 Å². The van der Waals surface area contributed by atoms with Gasteiger partial charge in [0.2, 0.25) is 5.91 Å². The molecule has 0 spiro atoms. The Balaban J connectivity index is 2.02. The van der Waals surface area contributed by atoms with Crippen LogP contribution < -0.4 is 11.1 Å². The molecule has 1 saturated heterocycles. The number of nitrogens with one attached hydrogen (secondary N) is 1. The maximum Gasteiger partial charge on any atom is 0.230 e. The standard InChI is InChI=1S/C12H18N2O2S/c1-8(9-3-4-17-6-9)14-11(15)12(2)7-16-5-10(12)13/h3-4,6,8,10H,5,7,13H2,1-2H3,(H,14,15). The lowest BCUT2D eigenvalue weighted by atomic mass is 9.84. The van der Waals surface area contributed by atoms with Crippen molar-refractivity contribution in [2.45, 2.75) is 25.9 Å². The molecule has 94 valence electrons. The third-order valence-corrected chi connectivity index (χ3v) is 4.13. The monoisotopic (exact) mass is 254 g/mol. The van der Waals surface area contributed by atoms with Crippen molar-refractivity contribution in [3.05, 3.63) is 22.4 Å². The van der Waals surface area contributed by atoms with Gasteiger partial charge >= 0.3 is 0 Å². The maximum absolute atomic E-state index is 12.2. The Kier molecular flexibility index (Phi) is 3.51. The van der Waals surface area contributed by atoms with Crippen LogP contribution >= 0.6 is 11.3 Å². The highest BCUT2D eigenvalue weighted by Gasteiger charge is 2.44. The minimum absolute atomic E-state index is 0.0124. The number of rotatable bonds is 3. The van der Waals surface area contributed by atoms with Crippen LogP contribution in [0.1, 0.15) is 25.5 Å². The number of thiophene rings is 1. The summed E-state index contributed by atoms with van der Waals surface area (Å²) in [5.41, 5.74) is 6.44. The van der Waals surface area contributed by atoms with E-state index in [4.69, 9.17) is 10.5 Å². The molecule has 17 heavy (non-hydrogen) atoms. The predicted octanol–water partition coefficient (Wildman–Crippen LogP) is 1.29. The molecule has 0 radical (unpaired) electrons. The van der Waals surface area contributed by atoms with Gasteiger partial charge in [0.1, 0.15) is 0 Å². The molecule has 3 N–H and O–H groups in total. The summed E-state index contributed by atoms with van der Waals surface area (Å²) in [6, 6.07) is 1.80. The van der Waals surface area contributed by atoms with Crippen LogP contribution in [0.15, 0.2) is 16.8 Å². The molecule has 2 rings (SSSR count). The molecule has 1 aliphatic heterocycles. The van der Waals surface area contributed by atoms with Gasteiger partial charge < -0.3 is 15.8 Å². The third-order valence-electron chi connectivity index (χ3n) is 3.43. The predicted molar refractivity (Wildman–Crippen MR) is 67.8 cm³/mol. The van der Waals surface area contributed by atoms with Gasteiger partial charge in [-0.1, -0.05) is 0 Å². The summed E-state index contributed by atoms with van der Waals surface area (Å²) in [4.78, 5) is 12.2. The first-order chi connectivity index (χ1) is 8.04. The van der Waals surface area contributed by atoms with Gasteiger partial charge in [-0.3, -0.25) is 4.79 Å². The second kappa shape index (κ2) is 4.76. The van der Waals surface area contributed by atoms with E-state index in [1.54, 1.807) is 11.3 Å². The molecular weight excluding hydrogens is 236 g/mol. The second-order valence-corrected chi connectivity index (χ2v) is 5.57. The number of carbonyl (C=O) groups excluding carboxylic acids is 1. The first kappa shape index (κ1) is 12.5. The zero-order valence-electron chi connectivity index (χ0n) is 10.1. The van der Waals surface area contributed by atoms with Crippen molar-refractivity contribution in [2.75, 3.05) is 13.2 Å². The summed E-state index contributed by atoms with van der Waals surface area (Å²) in [5, 5.41) is 7.05. The van der Waals surface area contributed by atoms with E-state index in [9.17, 15) is 4.79 Å². The number of nitrogens with two attached hydrogens (primary N) is 1. The van der Waals surface area contributed by atoms with Crippen LogP contribution in [0, 0.1) is 5.41 Å². The average Bonchev–Trinajstić information content (AvgIpc) is 2.90. The summed E-state index contributed by atoms with van der Waals surface area (Å²) in [7, 11) is 0. The van der Waals surface area contributed by atoms with Gasteiger partial charge in [0.25, 0.3) is 0 Å². The molecule has 1 aromatic rings. The fourth-order valence-corrected chi connectivity index (χ4v) is 2.64. The topological polar surface area (TPSA) is 64.3 Å². The Morgan fingerprint density at radius 2 is 2.53 bits per heavy atom. The van der Waals surface area contributed by atoms with Gasteiger partial charge in [0, 0.05) is 6.04 Å². The smallest absolute Gasteiger partial charge is 0.230 e. The van der Waals surface area contributed by atoms with Crippen molar-refractivity contribution in [2.24, 2.45) is 11.1 Å². The molecule has 1 aromatic heterocycles. The van der Waals surface area contributed by atoms with Gasteiger partial charge in [-0.15, -0.1) is 0 Å². The summed E-state index contributed by atoms with van der Waals surface area (Å²) in [6.45, 7) is 4.69. The molecule has 1 amide bonds. The number of hydrogen-bond acceptors (Lipinski definition) is 4. The third kappa shape index (κ3) is 2.36. The van der Waals surface area contributed by atoms with Crippen molar-refractivity contribution in [3.8, 4) is 0 Å². The molecule has 3 atom stereocenters. The van der Waals surface area contributed by atoms with E-state index in [-0.39, 0.29) is 18.0 Å². The molecular formula is C12H18N2O2S. The number of hydrogen-bond donors (Lipinski definition) is 2. The van der Waals surface area contributed by atoms with Gasteiger partial charge in [0.15, 0.2) is 0 Å². The zero-order valence-corrected chi connectivity index (χ0v) is 10.9. The average molecular weight is 254 g/mol. The molecule has 2 heterocycles. The Morgan fingerprint density at radius 1 is 1.76 bits per heavy atom. The number of carbonyl (C=O) groups is 1. The fraction of sp³-hybridized carbons (Fsp3) is 0.583. The van der Waals surface area contributed by atoms with E-state index in [0.717, 1.165) is 5.56 Å². The zero-order chi connectivity index (χ0) is 12.5. The lowest BCUT2D eigenvalue weighted by Gasteiger charge is -2.27. The van der Waals surface area contributed by atoms with E-state index >= 15 is 0 Å². The number of amides is 1. The van der Waals surface area contributed by atoms with E-state index in [1.165, 1.54) is 0 Å². The minimum atomic E-state index is -0.607. The van der Waals surface area contributed by atoms with Crippen LogP contribution in [-0.2, 0) is 9.53 Å². The van der Waals surface area contributed by atoms with E-state index in [1.807, 2.05) is 30.7 Å². The van der Waals surface area contributed by atoms with Gasteiger partial charge in [-0.25, -0.2) is 0 Å². The van der Waals surface area contributed by atoms with Crippen LogP contribution in [0.3, 0.4) is 0 Å². The highest BCUT2D eigenvalue weighted by Crippen LogP contribution is 2.28. The Hall–Kier alpha value is -0.910. The lowest BCUT2D eigenvalue weighted by molar-refractivity contribution is -0.131. The molecule has 1 aliphatic rings. The number of ether oxygens (including phenoxy) is 1. The lowest BCUT2D eigenvalue weighted by Crippen LogP contribution is -2.50. The summed E-state index contributed by atoms with van der Waals surface area (Å²) in [6.07, 6.45) is 0.